The highest BCUT2D eigenvalue weighted by Gasteiger charge is 2.19. The first-order valence-electron chi connectivity index (χ1n) is 6.01. The summed E-state index contributed by atoms with van der Waals surface area (Å²) in [6.07, 6.45) is 7.87. The number of nitrogens with zero attached hydrogens (tertiary/aromatic N) is 1. The number of anilines is 1. The zero-order valence-electron chi connectivity index (χ0n) is 9.99. The Labute approximate surface area is 100 Å². The van der Waals surface area contributed by atoms with E-state index in [0.717, 1.165) is 31.4 Å². The van der Waals surface area contributed by atoms with E-state index in [1.165, 1.54) is 0 Å². The molecule has 0 fully saturated rings. The van der Waals surface area contributed by atoms with E-state index in [-0.39, 0.29) is 11.9 Å². The van der Waals surface area contributed by atoms with Crippen molar-refractivity contribution in [2.45, 2.75) is 38.6 Å². The van der Waals surface area contributed by atoms with Gasteiger partial charge in [0, 0.05) is 6.04 Å². The molecule has 92 valence electrons. The van der Waals surface area contributed by atoms with Crippen LogP contribution in [-0.2, 0) is 6.42 Å². The summed E-state index contributed by atoms with van der Waals surface area (Å²) in [7, 11) is 0. The molecule has 1 aromatic rings. The highest BCUT2D eigenvalue weighted by atomic mass is 16.2. The average Bonchev–Trinajstić information content (AvgIpc) is 2.71. The summed E-state index contributed by atoms with van der Waals surface area (Å²) in [5.74, 6) is -0.182. The number of allylic oxidation sites excluding steroid dienone is 1. The van der Waals surface area contributed by atoms with Crippen molar-refractivity contribution >= 4 is 11.6 Å². The van der Waals surface area contributed by atoms with Gasteiger partial charge in [0.05, 0.1) is 11.4 Å². The Balaban J connectivity index is 2.03. The lowest BCUT2D eigenvalue weighted by molar-refractivity contribution is 0.0930. The van der Waals surface area contributed by atoms with Crippen molar-refractivity contribution < 1.29 is 4.79 Å². The molecule has 5 nitrogen and oxygen atoms in total. The van der Waals surface area contributed by atoms with E-state index in [0.29, 0.717) is 11.4 Å². The van der Waals surface area contributed by atoms with Crippen molar-refractivity contribution in [3.05, 3.63) is 23.5 Å². The molecule has 0 aliphatic heterocycles. The zero-order chi connectivity index (χ0) is 12.3. The molecule has 0 bridgehead atoms. The summed E-state index contributed by atoms with van der Waals surface area (Å²) in [6, 6.07) is 0.202. The summed E-state index contributed by atoms with van der Waals surface area (Å²) in [4.78, 5) is 12.0. The summed E-state index contributed by atoms with van der Waals surface area (Å²) in [6.45, 7) is 1.97. The molecule has 17 heavy (non-hydrogen) atoms. The maximum absolute atomic E-state index is 12.0. The van der Waals surface area contributed by atoms with Crippen LogP contribution in [0.5, 0.6) is 0 Å². The highest BCUT2D eigenvalue weighted by molar-refractivity contribution is 5.97. The van der Waals surface area contributed by atoms with Crippen molar-refractivity contribution in [3.63, 3.8) is 0 Å². The van der Waals surface area contributed by atoms with Gasteiger partial charge in [-0.25, -0.2) is 0 Å². The van der Waals surface area contributed by atoms with Crippen LogP contribution in [0.1, 0.15) is 42.4 Å². The zero-order valence-corrected chi connectivity index (χ0v) is 9.99. The number of amides is 1. The lowest BCUT2D eigenvalue weighted by Gasteiger charge is -2.18. The van der Waals surface area contributed by atoms with Gasteiger partial charge >= 0.3 is 0 Å². The van der Waals surface area contributed by atoms with E-state index in [1.54, 1.807) is 0 Å². The first kappa shape index (κ1) is 11.7. The smallest absolute Gasteiger partial charge is 0.274 e. The van der Waals surface area contributed by atoms with E-state index in [2.05, 4.69) is 27.7 Å². The number of aryl methyl sites for hydroxylation is 1. The maximum atomic E-state index is 12.0. The molecule has 1 amide bonds. The second-order valence-corrected chi connectivity index (χ2v) is 4.27. The van der Waals surface area contributed by atoms with Crippen molar-refractivity contribution in [2.75, 3.05) is 5.73 Å². The van der Waals surface area contributed by atoms with Gasteiger partial charge in [0.1, 0.15) is 0 Å². The van der Waals surface area contributed by atoms with Crippen molar-refractivity contribution in [1.29, 1.82) is 0 Å². The number of nitrogen functional groups attached to an aromatic ring is 1. The Morgan fingerprint density at radius 3 is 3.06 bits per heavy atom. The van der Waals surface area contributed by atoms with E-state index >= 15 is 0 Å². The Morgan fingerprint density at radius 2 is 2.47 bits per heavy atom. The van der Waals surface area contributed by atoms with E-state index in [1.807, 2.05) is 6.92 Å². The summed E-state index contributed by atoms with van der Waals surface area (Å²) in [5.41, 5.74) is 7.45. The maximum Gasteiger partial charge on any atom is 0.274 e. The number of aromatic nitrogens is 2. The van der Waals surface area contributed by atoms with Gasteiger partial charge < -0.3 is 11.1 Å². The number of carbonyl (C=O) groups excluding carboxylic acids is 1. The minimum atomic E-state index is -0.182. The third kappa shape index (κ3) is 2.49. The topological polar surface area (TPSA) is 83.8 Å². The summed E-state index contributed by atoms with van der Waals surface area (Å²) in [5, 5.41) is 9.72. The third-order valence-corrected chi connectivity index (χ3v) is 3.06. The van der Waals surface area contributed by atoms with Crippen LogP contribution in [0.4, 0.5) is 5.69 Å². The molecular formula is C12H18N4O. The minimum absolute atomic E-state index is 0.182. The summed E-state index contributed by atoms with van der Waals surface area (Å²) >= 11 is 0. The molecular weight excluding hydrogens is 216 g/mol. The van der Waals surface area contributed by atoms with Gasteiger partial charge in [-0.3, -0.25) is 9.89 Å². The van der Waals surface area contributed by atoms with E-state index in [9.17, 15) is 4.79 Å². The molecule has 0 spiro atoms. The van der Waals surface area contributed by atoms with Crippen LogP contribution in [0, 0.1) is 0 Å². The molecule has 0 aromatic carbocycles. The van der Waals surface area contributed by atoms with Crippen molar-refractivity contribution in [3.8, 4) is 0 Å². The molecule has 1 atom stereocenters. The lowest BCUT2D eigenvalue weighted by atomic mass is 10.0. The van der Waals surface area contributed by atoms with Gasteiger partial charge in [0.2, 0.25) is 0 Å². The van der Waals surface area contributed by atoms with E-state index < -0.39 is 0 Å². The van der Waals surface area contributed by atoms with Gasteiger partial charge in [-0.1, -0.05) is 19.1 Å². The number of nitrogens with two attached hydrogens (primary N) is 1. The number of hydrogen-bond donors (Lipinski definition) is 3. The molecule has 5 heteroatoms. The lowest BCUT2D eigenvalue weighted by Crippen LogP contribution is -2.35. The van der Waals surface area contributed by atoms with Crippen LogP contribution in [0.15, 0.2) is 12.2 Å². The van der Waals surface area contributed by atoms with E-state index in [4.69, 9.17) is 5.73 Å². The number of carbonyl (C=O) groups is 1. The molecule has 0 saturated carbocycles. The number of H-pyrrole nitrogens is 1. The van der Waals surface area contributed by atoms with Gasteiger partial charge in [0.15, 0.2) is 5.69 Å². The van der Waals surface area contributed by atoms with Crippen LogP contribution < -0.4 is 11.1 Å². The molecule has 1 unspecified atom stereocenters. The number of rotatable bonds is 3. The molecule has 1 heterocycles. The van der Waals surface area contributed by atoms with Crippen LogP contribution in [0.25, 0.3) is 0 Å². The second-order valence-electron chi connectivity index (χ2n) is 4.27. The molecule has 1 aliphatic rings. The van der Waals surface area contributed by atoms with Crippen molar-refractivity contribution in [2.24, 2.45) is 0 Å². The largest absolute Gasteiger partial charge is 0.395 e. The van der Waals surface area contributed by atoms with Crippen LogP contribution in [0.3, 0.4) is 0 Å². The Bertz CT molecular complexity index is 436. The molecule has 1 aliphatic carbocycles. The predicted octanol–water partition coefficient (Wildman–Crippen LogP) is 1.39. The van der Waals surface area contributed by atoms with Crippen molar-refractivity contribution in [1.82, 2.24) is 15.5 Å². The Morgan fingerprint density at radius 1 is 1.65 bits per heavy atom. The minimum Gasteiger partial charge on any atom is -0.395 e. The number of hydrogen-bond acceptors (Lipinski definition) is 3. The number of aromatic amines is 1. The SMILES string of the molecule is CCc1[nH]nc(C(=O)NC2CC=CCC2)c1N. The average molecular weight is 234 g/mol. The Hall–Kier alpha value is -1.78. The first-order chi connectivity index (χ1) is 8.22. The quantitative estimate of drug-likeness (QED) is 0.691. The normalized spacial score (nSPS) is 19.2. The molecule has 0 radical (unpaired) electrons. The Kier molecular flexibility index (Phi) is 3.46. The number of nitrogens with one attached hydrogen (secondary N) is 2. The molecule has 1 aromatic heterocycles. The van der Waals surface area contributed by atoms with Gasteiger partial charge in [-0.2, -0.15) is 5.10 Å². The fraction of sp³-hybridized carbons (Fsp3) is 0.500. The van der Waals surface area contributed by atoms with Crippen LogP contribution in [0.2, 0.25) is 0 Å². The first-order valence-corrected chi connectivity index (χ1v) is 6.01. The predicted molar refractivity (Wildman–Crippen MR) is 66.6 cm³/mol. The molecule has 0 saturated heterocycles. The molecule has 4 N–H and O–H groups in total. The molecule has 2 rings (SSSR count). The fourth-order valence-corrected chi connectivity index (χ4v) is 2.01. The van der Waals surface area contributed by atoms with Crippen LogP contribution in [-0.4, -0.2) is 22.1 Å². The standard InChI is InChI=1S/C12H18N4O/c1-2-9-10(13)11(16-15-9)12(17)14-8-6-4-3-5-7-8/h3-4,8H,2,5-7,13H2,1H3,(H,14,17)(H,15,16). The summed E-state index contributed by atoms with van der Waals surface area (Å²) < 4.78 is 0. The van der Waals surface area contributed by atoms with Gasteiger partial charge in [-0.05, 0) is 25.7 Å². The third-order valence-electron chi connectivity index (χ3n) is 3.06. The van der Waals surface area contributed by atoms with Gasteiger partial charge in [-0.15, -0.1) is 0 Å². The monoisotopic (exact) mass is 234 g/mol. The van der Waals surface area contributed by atoms with Crippen LogP contribution >= 0.6 is 0 Å². The second kappa shape index (κ2) is 5.03. The highest BCUT2D eigenvalue weighted by Crippen LogP contribution is 2.16. The fourth-order valence-electron chi connectivity index (χ4n) is 2.01. The van der Waals surface area contributed by atoms with Gasteiger partial charge in [0.25, 0.3) is 5.91 Å².